The molecule has 0 aliphatic heterocycles. The molecule has 1 heterocycles. The first kappa shape index (κ1) is 23.3. The van der Waals surface area contributed by atoms with Crippen LogP contribution in [0.15, 0.2) is 62.9 Å². The molecule has 0 atom stereocenters. The van der Waals surface area contributed by atoms with Crippen molar-refractivity contribution in [3.63, 3.8) is 0 Å². The van der Waals surface area contributed by atoms with Crippen molar-refractivity contribution in [1.82, 2.24) is 0 Å². The molecular weight excluding hydrogens is 380 g/mol. The molecule has 0 bridgehead atoms. The first-order chi connectivity index (χ1) is 14.4. The minimum absolute atomic E-state index is 0.130. The van der Waals surface area contributed by atoms with Gasteiger partial charge in [0, 0.05) is 0 Å². The van der Waals surface area contributed by atoms with Gasteiger partial charge in [0.15, 0.2) is 17.1 Å². The van der Waals surface area contributed by atoms with Crippen LogP contribution in [0.5, 0.6) is 17.2 Å². The first-order valence-corrected chi connectivity index (χ1v) is 10.4. The number of rotatable bonds is 11. The predicted octanol–water partition coefficient (Wildman–Crippen LogP) is 6.31. The molecule has 0 radical (unpaired) electrons. The maximum Gasteiger partial charge on any atom is 0.382 e. The number of hydrogen-bond donors (Lipinski definition) is 1. The summed E-state index contributed by atoms with van der Waals surface area (Å²) in [6.45, 7) is 9.02. The normalized spacial score (nSPS) is 11.8. The third-order valence-corrected chi connectivity index (χ3v) is 4.52. The number of para-hydroxylation sites is 1. The van der Waals surface area contributed by atoms with E-state index in [9.17, 15) is 9.90 Å². The molecule has 0 fully saturated rings. The highest BCUT2D eigenvalue weighted by molar-refractivity contribution is 5.89. The van der Waals surface area contributed by atoms with Crippen LogP contribution in [0, 0.1) is 0 Å². The summed E-state index contributed by atoms with van der Waals surface area (Å²) in [5, 5.41) is 10.7. The van der Waals surface area contributed by atoms with Gasteiger partial charge in [0.25, 0.3) is 0 Å². The molecule has 1 N–H and O–H groups in total. The van der Waals surface area contributed by atoms with E-state index in [1.54, 1.807) is 18.2 Å². The van der Waals surface area contributed by atoms with Gasteiger partial charge in [0.1, 0.15) is 6.61 Å². The largest absolute Gasteiger partial charge is 0.499 e. The molecule has 0 aliphatic rings. The molecule has 2 rings (SSSR count). The molecule has 1 aromatic carbocycles. The number of aromatic hydroxyl groups is 1. The molecule has 2 aromatic rings. The quantitative estimate of drug-likeness (QED) is 0.266. The summed E-state index contributed by atoms with van der Waals surface area (Å²) < 4.78 is 16.9. The Labute approximate surface area is 178 Å². The van der Waals surface area contributed by atoms with Crippen molar-refractivity contribution in [3.05, 3.63) is 64.1 Å². The predicted molar refractivity (Wildman–Crippen MR) is 122 cm³/mol. The molecule has 1 aromatic heterocycles. The Kier molecular flexibility index (Phi) is 9.26. The average Bonchev–Trinajstić information content (AvgIpc) is 2.70. The zero-order valence-electron chi connectivity index (χ0n) is 18.4. The van der Waals surface area contributed by atoms with Crippen molar-refractivity contribution in [3.8, 4) is 17.2 Å². The zero-order chi connectivity index (χ0) is 21.9. The van der Waals surface area contributed by atoms with Crippen molar-refractivity contribution in [2.75, 3.05) is 13.2 Å². The average molecular weight is 413 g/mol. The topological polar surface area (TPSA) is 68.9 Å². The summed E-state index contributed by atoms with van der Waals surface area (Å²) in [5.74, 6) is 0.0489. The Bertz CT molecular complexity index is 975. The third kappa shape index (κ3) is 6.83. The van der Waals surface area contributed by atoms with Gasteiger partial charge in [-0.1, -0.05) is 42.4 Å². The van der Waals surface area contributed by atoms with E-state index in [0.29, 0.717) is 30.8 Å². The molecule has 0 aliphatic carbocycles. The van der Waals surface area contributed by atoms with Gasteiger partial charge in [0.2, 0.25) is 5.75 Å². The Morgan fingerprint density at radius 1 is 1.10 bits per heavy atom. The van der Waals surface area contributed by atoms with E-state index in [4.69, 9.17) is 13.9 Å². The van der Waals surface area contributed by atoms with Gasteiger partial charge in [-0.25, -0.2) is 4.79 Å². The van der Waals surface area contributed by atoms with E-state index in [0.717, 1.165) is 19.3 Å². The Morgan fingerprint density at radius 3 is 2.63 bits per heavy atom. The highest BCUT2D eigenvalue weighted by atomic mass is 16.5. The summed E-state index contributed by atoms with van der Waals surface area (Å²) in [7, 11) is 0. The molecule has 0 amide bonds. The number of fused-ring (bicyclic) bond motifs is 1. The van der Waals surface area contributed by atoms with Gasteiger partial charge in [0.05, 0.1) is 12.0 Å². The van der Waals surface area contributed by atoms with E-state index in [-0.39, 0.29) is 11.3 Å². The highest BCUT2D eigenvalue weighted by Crippen LogP contribution is 2.36. The molecule has 0 saturated carbocycles. The summed E-state index contributed by atoms with van der Waals surface area (Å²) in [4.78, 5) is 12.1. The first-order valence-electron chi connectivity index (χ1n) is 10.4. The lowest BCUT2D eigenvalue weighted by Gasteiger charge is -2.12. The van der Waals surface area contributed by atoms with Crippen LogP contribution in [-0.4, -0.2) is 18.3 Å². The van der Waals surface area contributed by atoms with Gasteiger partial charge in [-0.05, 0) is 64.7 Å². The second-order valence-corrected chi connectivity index (χ2v) is 7.40. The summed E-state index contributed by atoms with van der Waals surface area (Å²) in [5.41, 5.74) is 1.98. The lowest BCUT2D eigenvalue weighted by Crippen LogP contribution is -2.05. The van der Waals surface area contributed by atoms with Crippen molar-refractivity contribution < 1.29 is 19.0 Å². The number of ether oxygens (including phenoxy) is 2. The van der Waals surface area contributed by atoms with Gasteiger partial charge in [-0.2, -0.15) is 0 Å². The van der Waals surface area contributed by atoms with Gasteiger partial charge in [-0.3, -0.25) is 0 Å². The maximum atomic E-state index is 12.1. The second kappa shape index (κ2) is 11.9. The van der Waals surface area contributed by atoms with Gasteiger partial charge < -0.3 is 19.0 Å². The molecule has 30 heavy (non-hydrogen) atoms. The summed E-state index contributed by atoms with van der Waals surface area (Å²) in [6.07, 6.45) is 11.9. The third-order valence-electron chi connectivity index (χ3n) is 4.52. The molecule has 5 heteroatoms. The fraction of sp³-hybridized carbons (Fsp3) is 0.400. The highest BCUT2D eigenvalue weighted by Gasteiger charge is 2.18. The molecule has 5 nitrogen and oxygen atoms in total. The van der Waals surface area contributed by atoms with Crippen LogP contribution in [0.2, 0.25) is 0 Å². The van der Waals surface area contributed by atoms with Crippen LogP contribution in [-0.2, 0) is 0 Å². The smallest absolute Gasteiger partial charge is 0.382 e. The van der Waals surface area contributed by atoms with Crippen LogP contribution >= 0.6 is 0 Å². The standard InChI is InChI=1S/C25H32O5/c1-5-6-7-8-16-29-24-20-13-10-14-21(23(20)30-25(27)22(24)26)28-17-15-19(4)12-9-11-18(2)3/h6-7,10-11,13-15,26H,5,8-9,12,16-17H2,1-4H3. The minimum atomic E-state index is -0.842. The van der Waals surface area contributed by atoms with E-state index in [1.807, 2.05) is 18.2 Å². The monoisotopic (exact) mass is 412 g/mol. The maximum absolute atomic E-state index is 12.1. The Morgan fingerprint density at radius 2 is 1.90 bits per heavy atom. The van der Waals surface area contributed by atoms with Crippen molar-refractivity contribution in [2.45, 2.75) is 53.4 Å². The number of benzene rings is 1. The lowest BCUT2D eigenvalue weighted by atomic mass is 10.1. The SMILES string of the molecule is CCC=CCCOc1c(O)c(=O)oc2c(OCC=C(C)CCC=C(C)C)cccc12. The summed E-state index contributed by atoms with van der Waals surface area (Å²) >= 11 is 0. The van der Waals surface area contributed by atoms with E-state index < -0.39 is 11.4 Å². The minimum Gasteiger partial charge on any atom is -0.499 e. The zero-order valence-corrected chi connectivity index (χ0v) is 18.4. The van der Waals surface area contributed by atoms with Gasteiger partial charge >= 0.3 is 5.63 Å². The van der Waals surface area contributed by atoms with Crippen LogP contribution in [0.3, 0.4) is 0 Å². The number of allylic oxidation sites excluding steroid dienone is 4. The lowest BCUT2D eigenvalue weighted by molar-refractivity contribution is 0.299. The summed E-state index contributed by atoms with van der Waals surface area (Å²) in [6, 6.07) is 5.26. The molecular formula is C25H32O5. The Balaban J connectivity index is 2.17. The van der Waals surface area contributed by atoms with Crippen molar-refractivity contribution >= 4 is 11.0 Å². The van der Waals surface area contributed by atoms with E-state index in [2.05, 4.69) is 33.8 Å². The van der Waals surface area contributed by atoms with Gasteiger partial charge in [-0.15, -0.1) is 0 Å². The van der Waals surface area contributed by atoms with Crippen molar-refractivity contribution in [2.24, 2.45) is 0 Å². The van der Waals surface area contributed by atoms with Crippen LogP contribution in [0.4, 0.5) is 0 Å². The molecule has 0 unspecified atom stereocenters. The fourth-order valence-electron chi connectivity index (χ4n) is 2.90. The van der Waals surface area contributed by atoms with E-state index >= 15 is 0 Å². The molecule has 0 saturated heterocycles. The molecule has 162 valence electrons. The van der Waals surface area contributed by atoms with Crippen LogP contribution in [0.25, 0.3) is 11.0 Å². The number of hydrogen-bond acceptors (Lipinski definition) is 5. The fourth-order valence-corrected chi connectivity index (χ4v) is 2.90. The Hall–Kier alpha value is -2.95. The van der Waals surface area contributed by atoms with Crippen LogP contribution in [0.1, 0.15) is 53.4 Å². The molecule has 0 spiro atoms. The van der Waals surface area contributed by atoms with E-state index in [1.165, 1.54) is 11.1 Å². The second-order valence-electron chi connectivity index (χ2n) is 7.40. The van der Waals surface area contributed by atoms with Crippen molar-refractivity contribution in [1.29, 1.82) is 0 Å². The van der Waals surface area contributed by atoms with Crippen LogP contribution < -0.4 is 15.1 Å².